The fourth-order valence-corrected chi connectivity index (χ4v) is 2.31. The summed E-state index contributed by atoms with van der Waals surface area (Å²) in [6.45, 7) is 5.12. The van der Waals surface area contributed by atoms with Crippen LogP contribution >= 0.6 is 0 Å². The lowest BCUT2D eigenvalue weighted by Crippen LogP contribution is -2.17. The molecule has 0 spiro atoms. The highest BCUT2D eigenvalue weighted by Gasteiger charge is 2.33. The van der Waals surface area contributed by atoms with Gasteiger partial charge in [-0.15, -0.1) is 0 Å². The van der Waals surface area contributed by atoms with Crippen LogP contribution < -0.4 is 10.5 Å². The van der Waals surface area contributed by atoms with Crippen molar-refractivity contribution in [2.24, 2.45) is 17.6 Å². The van der Waals surface area contributed by atoms with E-state index in [2.05, 4.69) is 13.8 Å². The molecule has 0 fully saturated rings. The van der Waals surface area contributed by atoms with Gasteiger partial charge in [-0.25, -0.2) is 0 Å². The van der Waals surface area contributed by atoms with Gasteiger partial charge in [-0.2, -0.15) is 13.2 Å². The Kier molecular flexibility index (Phi) is 7.02. The third-order valence-corrected chi connectivity index (χ3v) is 3.71. The number of benzene rings is 1. The zero-order valence-electron chi connectivity index (χ0n) is 12.6. The minimum absolute atomic E-state index is 0.0944. The standard InChI is InChI=1S/C16H24F3NO/c1-3-13(11-20)10-12(2)8-9-21-15-7-5-4-6-14(15)16(17,18)19/h4-7,12-13H,3,8-11,20H2,1-2H3/t12-,13+/m1/s1. The third kappa shape index (κ3) is 5.96. The van der Waals surface area contributed by atoms with Gasteiger partial charge in [-0.05, 0) is 43.4 Å². The highest BCUT2D eigenvalue weighted by molar-refractivity contribution is 5.35. The van der Waals surface area contributed by atoms with Crippen molar-refractivity contribution in [1.82, 2.24) is 0 Å². The number of para-hydroxylation sites is 1. The fourth-order valence-electron chi connectivity index (χ4n) is 2.31. The van der Waals surface area contributed by atoms with Crippen LogP contribution in [0.4, 0.5) is 13.2 Å². The van der Waals surface area contributed by atoms with Crippen molar-refractivity contribution in [2.45, 2.75) is 39.3 Å². The molecular weight excluding hydrogens is 279 g/mol. The van der Waals surface area contributed by atoms with E-state index in [4.69, 9.17) is 10.5 Å². The second-order valence-electron chi connectivity index (χ2n) is 5.48. The van der Waals surface area contributed by atoms with Crippen LogP contribution in [0.1, 0.15) is 38.7 Å². The van der Waals surface area contributed by atoms with Crippen molar-refractivity contribution in [3.8, 4) is 5.75 Å². The molecule has 0 aromatic heterocycles. The van der Waals surface area contributed by atoms with Gasteiger partial charge in [0, 0.05) is 0 Å². The smallest absolute Gasteiger partial charge is 0.419 e. The van der Waals surface area contributed by atoms with Crippen LogP contribution in [0.25, 0.3) is 0 Å². The highest BCUT2D eigenvalue weighted by Crippen LogP contribution is 2.36. The molecule has 0 aliphatic rings. The average Bonchev–Trinajstić information content (AvgIpc) is 2.44. The highest BCUT2D eigenvalue weighted by atomic mass is 19.4. The van der Waals surface area contributed by atoms with Crippen LogP contribution in [0.15, 0.2) is 24.3 Å². The van der Waals surface area contributed by atoms with Crippen molar-refractivity contribution >= 4 is 0 Å². The summed E-state index contributed by atoms with van der Waals surface area (Å²) in [5.74, 6) is 0.766. The van der Waals surface area contributed by atoms with E-state index >= 15 is 0 Å². The van der Waals surface area contributed by atoms with Crippen LogP contribution in [0, 0.1) is 11.8 Å². The number of ether oxygens (including phenoxy) is 1. The summed E-state index contributed by atoms with van der Waals surface area (Å²) in [6, 6.07) is 5.32. The molecule has 0 aliphatic carbocycles. The maximum Gasteiger partial charge on any atom is 0.419 e. The summed E-state index contributed by atoms with van der Waals surface area (Å²) in [6.07, 6.45) is -1.65. The van der Waals surface area contributed by atoms with E-state index in [9.17, 15) is 13.2 Å². The minimum Gasteiger partial charge on any atom is -0.493 e. The number of nitrogens with two attached hydrogens (primary N) is 1. The first-order valence-electron chi connectivity index (χ1n) is 7.37. The Hall–Kier alpha value is -1.23. The Morgan fingerprint density at radius 3 is 2.48 bits per heavy atom. The molecule has 0 bridgehead atoms. The molecule has 2 N–H and O–H groups in total. The molecule has 0 aliphatic heterocycles. The van der Waals surface area contributed by atoms with E-state index in [1.165, 1.54) is 12.1 Å². The molecule has 120 valence electrons. The first kappa shape index (κ1) is 17.8. The van der Waals surface area contributed by atoms with Crippen molar-refractivity contribution in [1.29, 1.82) is 0 Å². The summed E-state index contributed by atoms with van der Waals surface area (Å²) >= 11 is 0. The maximum absolute atomic E-state index is 12.8. The summed E-state index contributed by atoms with van der Waals surface area (Å²) in [5, 5.41) is 0. The second-order valence-corrected chi connectivity index (χ2v) is 5.48. The van der Waals surface area contributed by atoms with Crippen LogP contribution in [-0.4, -0.2) is 13.2 Å². The van der Waals surface area contributed by atoms with E-state index in [-0.39, 0.29) is 12.4 Å². The number of rotatable bonds is 8. The van der Waals surface area contributed by atoms with E-state index in [1.54, 1.807) is 6.07 Å². The molecule has 5 heteroatoms. The van der Waals surface area contributed by atoms with Gasteiger partial charge in [-0.1, -0.05) is 32.4 Å². The van der Waals surface area contributed by atoms with Gasteiger partial charge in [0.15, 0.2) is 0 Å². The quantitative estimate of drug-likeness (QED) is 0.768. The fraction of sp³-hybridized carbons (Fsp3) is 0.625. The Bertz CT molecular complexity index is 416. The first-order valence-corrected chi connectivity index (χ1v) is 7.37. The topological polar surface area (TPSA) is 35.2 Å². The molecule has 0 saturated carbocycles. The predicted octanol–water partition coefficient (Wildman–Crippen LogP) is 4.49. The maximum atomic E-state index is 12.8. The SMILES string of the molecule is CC[C@H](CN)C[C@H](C)CCOc1ccccc1C(F)(F)F. The van der Waals surface area contributed by atoms with Crippen LogP contribution in [-0.2, 0) is 6.18 Å². The molecule has 0 saturated heterocycles. The Morgan fingerprint density at radius 2 is 1.90 bits per heavy atom. The zero-order chi connectivity index (χ0) is 15.9. The molecular formula is C16H24F3NO. The van der Waals surface area contributed by atoms with Gasteiger partial charge >= 0.3 is 6.18 Å². The lowest BCUT2D eigenvalue weighted by atomic mass is 9.92. The van der Waals surface area contributed by atoms with Crippen molar-refractivity contribution < 1.29 is 17.9 Å². The molecule has 1 aromatic carbocycles. The predicted molar refractivity (Wildman–Crippen MR) is 78.2 cm³/mol. The van der Waals surface area contributed by atoms with Crippen molar-refractivity contribution in [3.05, 3.63) is 29.8 Å². The van der Waals surface area contributed by atoms with Gasteiger partial charge < -0.3 is 10.5 Å². The summed E-state index contributed by atoms with van der Waals surface area (Å²) in [5.41, 5.74) is 4.95. The summed E-state index contributed by atoms with van der Waals surface area (Å²) in [7, 11) is 0. The largest absolute Gasteiger partial charge is 0.493 e. The van der Waals surface area contributed by atoms with Gasteiger partial charge in [0.1, 0.15) is 5.75 Å². The molecule has 1 rings (SSSR count). The van der Waals surface area contributed by atoms with Crippen molar-refractivity contribution in [3.63, 3.8) is 0 Å². The molecule has 21 heavy (non-hydrogen) atoms. The average molecular weight is 303 g/mol. The van der Waals surface area contributed by atoms with Gasteiger partial charge in [-0.3, -0.25) is 0 Å². The molecule has 0 radical (unpaired) electrons. The van der Waals surface area contributed by atoms with E-state index in [0.29, 0.717) is 18.4 Å². The van der Waals surface area contributed by atoms with Gasteiger partial charge in [0.05, 0.1) is 12.2 Å². The molecule has 2 atom stereocenters. The lowest BCUT2D eigenvalue weighted by Gasteiger charge is -2.19. The lowest BCUT2D eigenvalue weighted by molar-refractivity contribution is -0.139. The number of hydrogen-bond acceptors (Lipinski definition) is 2. The molecule has 1 aromatic rings. The third-order valence-electron chi connectivity index (χ3n) is 3.71. The summed E-state index contributed by atoms with van der Waals surface area (Å²) in [4.78, 5) is 0. The number of alkyl halides is 3. The summed E-state index contributed by atoms with van der Waals surface area (Å²) < 4.78 is 43.7. The molecule has 0 unspecified atom stereocenters. The Labute approximate surface area is 124 Å². The molecule has 0 heterocycles. The number of hydrogen-bond donors (Lipinski definition) is 1. The van der Waals surface area contributed by atoms with E-state index < -0.39 is 11.7 Å². The zero-order valence-corrected chi connectivity index (χ0v) is 12.6. The monoisotopic (exact) mass is 303 g/mol. The molecule has 2 nitrogen and oxygen atoms in total. The van der Waals surface area contributed by atoms with Gasteiger partial charge in [0.25, 0.3) is 0 Å². The second kappa shape index (κ2) is 8.27. The van der Waals surface area contributed by atoms with Crippen LogP contribution in [0.5, 0.6) is 5.75 Å². The van der Waals surface area contributed by atoms with Crippen LogP contribution in [0.3, 0.4) is 0 Å². The number of halogens is 3. The van der Waals surface area contributed by atoms with E-state index in [1.807, 2.05) is 0 Å². The van der Waals surface area contributed by atoms with Crippen molar-refractivity contribution in [2.75, 3.05) is 13.2 Å². The molecule has 0 amide bonds. The Balaban J connectivity index is 2.50. The van der Waals surface area contributed by atoms with Crippen LogP contribution in [0.2, 0.25) is 0 Å². The normalized spacial score (nSPS) is 14.8. The van der Waals surface area contributed by atoms with E-state index in [0.717, 1.165) is 25.3 Å². The Morgan fingerprint density at radius 1 is 1.24 bits per heavy atom. The minimum atomic E-state index is -4.38. The first-order chi connectivity index (χ1) is 9.88. The van der Waals surface area contributed by atoms with Gasteiger partial charge in [0.2, 0.25) is 0 Å².